The lowest BCUT2D eigenvalue weighted by molar-refractivity contribution is 0.335. The Morgan fingerprint density at radius 1 is 1.41 bits per heavy atom. The van der Waals surface area contributed by atoms with E-state index in [1.807, 2.05) is 0 Å². The van der Waals surface area contributed by atoms with Crippen molar-refractivity contribution in [1.29, 1.82) is 0 Å². The van der Waals surface area contributed by atoms with E-state index in [-0.39, 0.29) is 0 Å². The minimum absolute atomic E-state index is 0.414. The first-order chi connectivity index (χ1) is 8.15. The number of rotatable bonds is 3. The molecule has 0 aromatic heterocycles. The molecular formula is C14H21BrN2. The summed E-state index contributed by atoms with van der Waals surface area (Å²) >= 11 is 3.60. The zero-order valence-corrected chi connectivity index (χ0v) is 12.0. The molecule has 0 bridgehead atoms. The maximum absolute atomic E-state index is 6.01. The fourth-order valence-corrected chi connectivity index (χ4v) is 3.17. The van der Waals surface area contributed by atoms with Crippen molar-refractivity contribution in [1.82, 2.24) is 0 Å². The molecule has 1 aliphatic carbocycles. The van der Waals surface area contributed by atoms with Gasteiger partial charge in [0.25, 0.3) is 0 Å². The van der Waals surface area contributed by atoms with Crippen molar-refractivity contribution < 1.29 is 0 Å². The molecule has 0 amide bonds. The fourth-order valence-electron chi connectivity index (χ4n) is 2.54. The zero-order valence-electron chi connectivity index (χ0n) is 10.4. The van der Waals surface area contributed by atoms with Crippen LogP contribution in [-0.2, 0) is 0 Å². The highest BCUT2D eigenvalue weighted by molar-refractivity contribution is 9.10. The van der Waals surface area contributed by atoms with Gasteiger partial charge in [0.2, 0.25) is 0 Å². The van der Waals surface area contributed by atoms with Crippen LogP contribution in [-0.4, -0.2) is 12.6 Å². The number of hydrogen-bond donors (Lipinski definition) is 2. The lowest BCUT2D eigenvalue weighted by atomic mass is 9.86. The Labute approximate surface area is 112 Å². The second-order valence-corrected chi connectivity index (χ2v) is 6.01. The summed E-state index contributed by atoms with van der Waals surface area (Å²) in [5.41, 5.74) is 8.48. The SMILES string of the molecule is Cc1ccc(NCC2CCCC(N)C2)c(Br)c1. The Hall–Kier alpha value is -0.540. The summed E-state index contributed by atoms with van der Waals surface area (Å²) in [5, 5.41) is 3.53. The average Bonchev–Trinajstić information content (AvgIpc) is 2.28. The Kier molecular flexibility index (Phi) is 4.46. The van der Waals surface area contributed by atoms with Crippen LogP contribution in [0.2, 0.25) is 0 Å². The van der Waals surface area contributed by atoms with E-state index in [9.17, 15) is 0 Å². The number of nitrogens with two attached hydrogens (primary N) is 1. The Bertz CT molecular complexity index is 378. The molecular weight excluding hydrogens is 276 g/mol. The van der Waals surface area contributed by atoms with Crippen LogP contribution in [0.1, 0.15) is 31.2 Å². The van der Waals surface area contributed by atoms with E-state index >= 15 is 0 Å². The fraction of sp³-hybridized carbons (Fsp3) is 0.571. The number of anilines is 1. The van der Waals surface area contributed by atoms with Crippen LogP contribution < -0.4 is 11.1 Å². The van der Waals surface area contributed by atoms with Crippen LogP contribution in [0.5, 0.6) is 0 Å². The second kappa shape index (κ2) is 5.87. The number of halogens is 1. The number of nitrogens with one attached hydrogen (secondary N) is 1. The van der Waals surface area contributed by atoms with Gasteiger partial charge in [-0.1, -0.05) is 12.5 Å². The van der Waals surface area contributed by atoms with E-state index < -0.39 is 0 Å². The van der Waals surface area contributed by atoms with E-state index in [1.54, 1.807) is 0 Å². The largest absolute Gasteiger partial charge is 0.384 e. The summed E-state index contributed by atoms with van der Waals surface area (Å²) in [4.78, 5) is 0. The molecule has 2 atom stereocenters. The van der Waals surface area contributed by atoms with E-state index in [0.29, 0.717) is 6.04 Å². The van der Waals surface area contributed by atoms with Gasteiger partial charge in [0.05, 0.1) is 0 Å². The topological polar surface area (TPSA) is 38.0 Å². The zero-order chi connectivity index (χ0) is 12.3. The summed E-state index contributed by atoms with van der Waals surface area (Å²) in [6.07, 6.45) is 4.95. The molecule has 3 N–H and O–H groups in total. The molecule has 2 rings (SSSR count). The molecule has 0 aliphatic heterocycles. The standard InChI is InChI=1S/C14H21BrN2/c1-10-5-6-14(13(15)7-10)17-9-11-3-2-4-12(16)8-11/h5-7,11-12,17H,2-4,8-9,16H2,1H3. The highest BCUT2D eigenvalue weighted by Gasteiger charge is 2.18. The van der Waals surface area contributed by atoms with Crippen LogP contribution in [0.4, 0.5) is 5.69 Å². The molecule has 0 radical (unpaired) electrons. The lowest BCUT2D eigenvalue weighted by Crippen LogP contribution is -2.30. The third-order valence-electron chi connectivity index (χ3n) is 3.53. The maximum Gasteiger partial charge on any atom is 0.0484 e. The van der Waals surface area contributed by atoms with E-state index in [4.69, 9.17) is 5.73 Å². The first kappa shape index (κ1) is 12.9. The van der Waals surface area contributed by atoms with E-state index in [1.165, 1.54) is 30.5 Å². The highest BCUT2D eigenvalue weighted by Crippen LogP contribution is 2.26. The van der Waals surface area contributed by atoms with Crippen molar-refractivity contribution in [3.8, 4) is 0 Å². The van der Waals surface area contributed by atoms with Gasteiger partial charge in [0.15, 0.2) is 0 Å². The molecule has 0 heterocycles. The molecule has 3 heteroatoms. The van der Waals surface area contributed by atoms with Crippen LogP contribution >= 0.6 is 15.9 Å². The quantitative estimate of drug-likeness (QED) is 0.893. The number of hydrogen-bond acceptors (Lipinski definition) is 2. The summed E-state index contributed by atoms with van der Waals surface area (Å²) in [6, 6.07) is 6.84. The average molecular weight is 297 g/mol. The van der Waals surface area contributed by atoms with Crippen molar-refractivity contribution in [3.05, 3.63) is 28.2 Å². The van der Waals surface area contributed by atoms with Gasteiger partial charge >= 0.3 is 0 Å². The van der Waals surface area contributed by atoms with Crippen molar-refractivity contribution in [2.75, 3.05) is 11.9 Å². The minimum Gasteiger partial charge on any atom is -0.384 e. The smallest absolute Gasteiger partial charge is 0.0484 e. The summed E-state index contributed by atoms with van der Waals surface area (Å²) < 4.78 is 1.15. The van der Waals surface area contributed by atoms with Crippen LogP contribution in [0, 0.1) is 12.8 Å². The Balaban J connectivity index is 1.88. The van der Waals surface area contributed by atoms with Crippen molar-refractivity contribution in [2.24, 2.45) is 11.7 Å². The molecule has 0 saturated heterocycles. The number of aryl methyl sites for hydroxylation is 1. The predicted molar refractivity (Wildman–Crippen MR) is 77.3 cm³/mol. The van der Waals surface area contributed by atoms with Crippen LogP contribution in [0.3, 0.4) is 0 Å². The van der Waals surface area contributed by atoms with Crippen molar-refractivity contribution in [3.63, 3.8) is 0 Å². The molecule has 1 aromatic carbocycles. The first-order valence-corrected chi connectivity index (χ1v) is 7.20. The molecule has 2 unspecified atom stereocenters. The van der Waals surface area contributed by atoms with Gasteiger partial charge in [-0.3, -0.25) is 0 Å². The second-order valence-electron chi connectivity index (χ2n) is 5.16. The molecule has 17 heavy (non-hydrogen) atoms. The summed E-state index contributed by atoms with van der Waals surface area (Å²) in [7, 11) is 0. The van der Waals surface area contributed by atoms with Gasteiger partial charge in [-0.05, 0) is 65.7 Å². The molecule has 1 aromatic rings. The predicted octanol–water partition coefficient (Wildman–Crippen LogP) is 3.69. The minimum atomic E-state index is 0.414. The van der Waals surface area contributed by atoms with Gasteiger partial charge in [-0.15, -0.1) is 0 Å². The lowest BCUT2D eigenvalue weighted by Gasteiger charge is -2.27. The normalized spacial score (nSPS) is 24.6. The maximum atomic E-state index is 6.01. The molecule has 94 valence electrons. The summed E-state index contributed by atoms with van der Waals surface area (Å²) in [6.45, 7) is 3.14. The van der Waals surface area contributed by atoms with Gasteiger partial charge < -0.3 is 11.1 Å². The highest BCUT2D eigenvalue weighted by atomic mass is 79.9. The molecule has 1 fully saturated rings. The Morgan fingerprint density at radius 2 is 2.24 bits per heavy atom. The monoisotopic (exact) mass is 296 g/mol. The molecule has 1 aliphatic rings. The van der Waals surface area contributed by atoms with Crippen molar-refractivity contribution in [2.45, 2.75) is 38.6 Å². The van der Waals surface area contributed by atoms with Crippen molar-refractivity contribution >= 4 is 21.6 Å². The summed E-state index contributed by atoms with van der Waals surface area (Å²) in [5.74, 6) is 0.729. The van der Waals surface area contributed by atoms with E-state index in [2.05, 4.69) is 46.4 Å². The molecule has 2 nitrogen and oxygen atoms in total. The van der Waals surface area contributed by atoms with Gasteiger partial charge in [-0.2, -0.15) is 0 Å². The van der Waals surface area contributed by atoms with Crippen LogP contribution in [0.15, 0.2) is 22.7 Å². The van der Waals surface area contributed by atoms with Gasteiger partial charge in [-0.25, -0.2) is 0 Å². The number of benzene rings is 1. The van der Waals surface area contributed by atoms with Crippen LogP contribution in [0.25, 0.3) is 0 Å². The van der Waals surface area contributed by atoms with Gasteiger partial charge in [0, 0.05) is 22.7 Å². The van der Waals surface area contributed by atoms with E-state index in [0.717, 1.165) is 23.4 Å². The third-order valence-corrected chi connectivity index (χ3v) is 4.19. The first-order valence-electron chi connectivity index (χ1n) is 6.41. The molecule has 1 saturated carbocycles. The Morgan fingerprint density at radius 3 is 2.94 bits per heavy atom. The van der Waals surface area contributed by atoms with Gasteiger partial charge in [0.1, 0.15) is 0 Å². The molecule has 0 spiro atoms. The third kappa shape index (κ3) is 3.71.